The van der Waals surface area contributed by atoms with Gasteiger partial charge in [0.15, 0.2) is 5.69 Å². The van der Waals surface area contributed by atoms with Crippen LogP contribution in [-0.4, -0.2) is 9.13 Å². The fourth-order valence-electron chi connectivity index (χ4n) is 8.69. The van der Waals surface area contributed by atoms with Gasteiger partial charge < -0.3 is 9.13 Å². The van der Waals surface area contributed by atoms with Crippen LogP contribution in [0.4, 0.5) is 5.69 Å². The van der Waals surface area contributed by atoms with Gasteiger partial charge in [0.2, 0.25) is 0 Å². The summed E-state index contributed by atoms with van der Waals surface area (Å²) < 4.78 is 4.66. The minimum atomic E-state index is -0.191. The first-order chi connectivity index (χ1) is 25.0. The van der Waals surface area contributed by atoms with E-state index in [1.807, 2.05) is 18.2 Å². The van der Waals surface area contributed by atoms with Crippen LogP contribution in [0.3, 0.4) is 0 Å². The van der Waals surface area contributed by atoms with Crippen molar-refractivity contribution in [2.75, 3.05) is 0 Å². The maximum absolute atomic E-state index is 9.62. The van der Waals surface area contributed by atoms with Crippen LogP contribution < -0.4 is 0 Å². The minimum Gasteiger partial charge on any atom is -0.309 e. The van der Waals surface area contributed by atoms with E-state index in [0.717, 1.165) is 60.7 Å². The van der Waals surface area contributed by atoms with Crippen molar-refractivity contribution in [3.05, 3.63) is 174 Å². The van der Waals surface area contributed by atoms with Crippen LogP contribution in [0.15, 0.2) is 146 Å². The molecule has 2 aromatic heterocycles. The molecule has 238 valence electrons. The molecule has 51 heavy (non-hydrogen) atoms. The fourth-order valence-corrected chi connectivity index (χ4v) is 8.69. The number of nitrogens with zero attached hydrogens (tertiary/aromatic N) is 4. The molecule has 4 nitrogen and oxygen atoms in total. The molecule has 1 aliphatic rings. The summed E-state index contributed by atoms with van der Waals surface area (Å²) in [4.78, 5) is 3.83. The van der Waals surface area contributed by atoms with Crippen molar-refractivity contribution in [3.8, 4) is 39.7 Å². The number of hydrogen-bond acceptors (Lipinski definition) is 1. The van der Waals surface area contributed by atoms with E-state index in [-0.39, 0.29) is 5.41 Å². The summed E-state index contributed by atoms with van der Waals surface area (Å²) in [5.41, 5.74) is 15.1. The van der Waals surface area contributed by atoms with Crippen molar-refractivity contribution in [1.29, 1.82) is 5.26 Å². The zero-order chi connectivity index (χ0) is 34.4. The standard InChI is InChI=1S/C47H30N4/c1-47(2)40-16-6-4-14-35(40)37-20-23-44-45(46(37)47)39-27-32(49-3)19-22-43(39)51(44)34-13-9-11-31(26-34)30-10-8-12-33(25-30)50-41-17-7-5-15-36(41)38-24-29(28-48)18-21-42(38)50/h4-27H,1-2H3. The van der Waals surface area contributed by atoms with E-state index in [9.17, 15) is 5.26 Å². The first-order valence-electron chi connectivity index (χ1n) is 17.2. The highest BCUT2D eigenvalue weighted by Crippen LogP contribution is 2.53. The Bertz CT molecular complexity index is 3030. The van der Waals surface area contributed by atoms with Gasteiger partial charge in [0.05, 0.1) is 40.3 Å². The quantitative estimate of drug-likeness (QED) is 0.175. The molecule has 0 amide bonds. The Morgan fingerprint density at radius 2 is 1.22 bits per heavy atom. The first-order valence-corrected chi connectivity index (χ1v) is 17.2. The number of aromatic nitrogens is 2. The van der Waals surface area contributed by atoms with Crippen LogP contribution in [0, 0.1) is 17.9 Å². The summed E-state index contributed by atoms with van der Waals surface area (Å²) >= 11 is 0. The highest BCUT2D eigenvalue weighted by atomic mass is 15.0. The topological polar surface area (TPSA) is 38.0 Å². The van der Waals surface area contributed by atoms with Gasteiger partial charge >= 0.3 is 0 Å². The van der Waals surface area contributed by atoms with Crippen molar-refractivity contribution < 1.29 is 0 Å². The molecule has 7 aromatic carbocycles. The third-order valence-electron chi connectivity index (χ3n) is 10.9. The SMILES string of the molecule is [C-]#[N+]c1ccc2c(c1)c1c3c(ccc1n2-c1cccc(-c2cccc(-n4c5ccccc5c5cc(C#N)ccc54)c2)c1)-c1ccccc1C3(C)C. The Hall–Kier alpha value is -6.88. The predicted octanol–water partition coefficient (Wildman–Crippen LogP) is 12.3. The Labute approximate surface area is 295 Å². The molecule has 0 atom stereocenters. The number of para-hydroxylation sites is 1. The van der Waals surface area contributed by atoms with Crippen molar-refractivity contribution in [1.82, 2.24) is 9.13 Å². The Morgan fingerprint density at radius 1 is 0.569 bits per heavy atom. The maximum atomic E-state index is 9.62. The molecule has 0 N–H and O–H groups in total. The molecule has 0 saturated heterocycles. The lowest BCUT2D eigenvalue weighted by Gasteiger charge is -2.22. The summed E-state index contributed by atoms with van der Waals surface area (Å²) in [5, 5.41) is 14.1. The third kappa shape index (κ3) is 4.05. The Balaban J connectivity index is 1.17. The zero-order valence-corrected chi connectivity index (χ0v) is 28.1. The van der Waals surface area contributed by atoms with E-state index in [1.165, 1.54) is 27.6 Å². The normalized spacial score (nSPS) is 13.0. The Morgan fingerprint density at radius 3 is 1.98 bits per heavy atom. The molecule has 0 radical (unpaired) electrons. The number of rotatable bonds is 3. The van der Waals surface area contributed by atoms with Gasteiger partial charge in [0.25, 0.3) is 0 Å². The van der Waals surface area contributed by atoms with Crippen LogP contribution in [0.5, 0.6) is 0 Å². The number of hydrogen-bond donors (Lipinski definition) is 0. The maximum Gasteiger partial charge on any atom is 0.188 e. The van der Waals surface area contributed by atoms with Crippen LogP contribution in [0.1, 0.15) is 30.5 Å². The monoisotopic (exact) mass is 650 g/mol. The number of nitriles is 1. The molecule has 0 spiro atoms. The largest absolute Gasteiger partial charge is 0.309 e. The highest BCUT2D eigenvalue weighted by molar-refractivity contribution is 6.15. The number of benzene rings is 7. The molecule has 0 unspecified atom stereocenters. The summed E-state index contributed by atoms with van der Waals surface area (Å²) in [6, 6.07) is 53.5. The van der Waals surface area contributed by atoms with Crippen molar-refractivity contribution in [2.45, 2.75) is 19.3 Å². The molecule has 2 heterocycles. The molecule has 0 bridgehead atoms. The second-order valence-electron chi connectivity index (χ2n) is 14.0. The minimum absolute atomic E-state index is 0.191. The zero-order valence-electron chi connectivity index (χ0n) is 28.1. The van der Waals surface area contributed by atoms with E-state index >= 15 is 0 Å². The molecular weight excluding hydrogens is 621 g/mol. The summed E-state index contributed by atoms with van der Waals surface area (Å²) in [6.45, 7) is 12.5. The summed E-state index contributed by atoms with van der Waals surface area (Å²) in [6.07, 6.45) is 0. The van der Waals surface area contributed by atoms with Gasteiger partial charge in [-0.05, 0) is 105 Å². The summed E-state index contributed by atoms with van der Waals surface area (Å²) in [7, 11) is 0. The molecule has 0 saturated carbocycles. The smallest absolute Gasteiger partial charge is 0.188 e. The van der Waals surface area contributed by atoms with Gasteiger partial charge in [-0.2, -0.15) is 5.26 Å². The van der Waals surface area contributed by atoms with E-state index < -0.39 is 0 Å². The Kier molecular flexibility index (Phi) is 6.02. The molecule has 4 heteroatoms. The van der Waals surface area contributed by atoms with Crippen molar-refractivity contribution in [2.24, 2.45) is 0 Å². The van der Waals surface area contributed by atoms with Gasteiger partial charge in [-0.1, -0.05) is 92.7 Å². The van der Waals surface area contributed by atoms with Gasteiger partial charge in [-0.15, -0.1) is 0 Å². The van der Waals surface area contributed by atoms with Gasteiger partial charge in [-0.25, -0.2) is 4.85 Å². The van der Waals surface area contributed by atoms with Gasteiger partial charge in [-0.3, -0.25) is 0 Å². The van der Waals surface area contributed by atoms with Crippen molar-refractivity contribution >= 4 is 49.3 Å². The van der Waals surface area contributed by atoms with Crippen molar-refractivity contribution in [3.63, 3.8) is 0 Å². The summed E-state index contributed by atoms with van der Waals surface area (Å²) in [5.74, 6) is 0. The average molecular weight is 651 g/mol. The van der Waals surface area contributed by atoms with E-state index in [0.29, 0.717) is 11.3 Å². The van der Waals surface area contributed by atoms with Crippen LogP contribution >= 0.6 is 0 Å². The van der Waals surface area contributed by atoms with E-state index in [1.54, 1.807) is 0 Å². The average Bonchev–Trinajstić information content (AvgIpc) is 3.77. The van der Waals surface area contributed by atoms with Gasteiger partial charge in [0, 0.05) is 32.9 Å². The van der Waals surface area contributed by atoms with E-state index in [2.05, 4.69) is 161 Å². The molecule has 1 aliphatic carbocycles. The first kappa shape index (κ1) is 29.1. The molecule has 0 aliphatic heterocycles. The van der Waals surface area contributed by atoms with Gasteiger partial charge in [0.1, 0.15) is 0 Å². The van der Waals surface area contributed by atoms with Crippen LogP contribution in [-0.2, 0) is 5.41 Å². The molecule has 0 fully saturated rings. The lowest BCUT2D eigenvalue weighted by molar-refractivity contribution is 0.666. The third-order valence-corrected chi connectivity index (χ3v) is 10.9. The lowest BCUT2D eigenvalue weighted by Crippen LogP contribution is -2.15. The van der Waals surface area contributed by atoms with Crippen LogP contribution in [0.2, 0.25) is 0 Å². The molecule has 10 rings (SSSR count). The molecule has 9 aromatic rings. The number of fused-ring (bicyclic) bond motifs is 10. The van der Waals surface area contributed by atoms with Crippen LogP contribution in [0.25, 0.3) is 82.1 Å². The van der Waals surface area contributed by atoms with E-state index in [4.69, 9.17) is 6.57 Å². The fraction of sp³-hybridized carbons (Fsp3) is 0.0638. The highest BCUT2D eigenvalue weighted by Gasteiger charge is 2.38. The second-order valence-corrected chi connectivity index (χ2v) is 14.0. The second kappa shape index (κ2) is 10.6. The molecular formula is C47H30N4. The predicted molar refractivity (Wildman–Crippen MR) is 209 cm³/mol. The lowest BCUT2D eigenvalue weighted by atomic mass is 9.80.